The highest BCUT2D eigenvalue weighted by Crippen LogP contribution is 2.34. The standard InChI is InChI=1S/C24H23F4N5O3/c1-14(34)30-11-16-12-33(23(35)36-16)15-2-5-20(18(26)10-15)32-8-6-24(13-29,7-9-32)31-19-4-3-17(25)21(27)22(19)28/h2-5,10,16,31H,6-9,11-12H2,1H3,(H,30,34)/t16-/m0/s1. The van der Waals surface area contributed by atoms with Gasteiger partial charge in [0.1, 0.15) is 17.5 Å². The summed E-state index contributed by atoms with van der Waals surface area (Å²) in [5, 5.41) is 15.0. The zero-order chi connectivity index (χ0) is 26.0. The van der Waals surface area contributed by atoms with Crippen LogP contribution >= 0.6 is 0 Å². The molecule has 2 aromatic rings. The van der Waals surface area contributed by atoms with Gasteiger partial charge in [0.05, 0.1) is 36.2 Å². The Morgan fingerprint density at radius 2 is 1.86 bits per heavy atom. The minimum atomic E-state index is -1.63. The summed E-state index contributed by atoms with van der Waals surface area (Å²) < 4.78 is 61.2. The molecule has 0 aromatic heterocycles. The molecular formula is C24H23F4N5O3. The molecule has 2 aliphatic heterocycles. The fourth-order valence-corrected chi connectivity index (χ4v) is 4.29. The number of carbonyl (C=O) groups excluding carboxylic acids is 2. The molecule has 2 heterocycles. The van der Waals surface area contributed by atoms with Crippen LogP contribution in [-0.4, -0.2) is 49.8 Å². The van der Waals surface area contributed by atoms with Gasteiger partial charge in [-0.05, 0) is 30.3 Å². The summed E-state index contributed by atoms with van der Waals surface area (Å²) >= 11 is 0. The number of nitrogens with one attached hydrogen (secondary N) is 2. The Balaban J connectivity index is 1.42. The molecule has 0 spiro atoms. The minimum absolute atomic E-state index is 0.148. The van der Waals surface area contributed by atoms with Gasteiger partial charge in [-0.3, -0.25) is 9.69 Å². The van der Waals surface area contributed by atoms with Crippen LogP contribution in [0.15, 0.2) is 30.3 Å². The van der Waals surface area contributed by atoms with E-state index in [1.54, 1.807) is 11.0 Å². The summed E-state index contributed by atoms with van der Waals surface area (Å²) in [7, 11) is 0. The van der Waals surface area contributed by atoms with Crippen molar-refractivity contribution in [3.8, 4) is 6.07 Å². The Morgan fingerprint density at radius 3 is 2.50 bits per heavy atom. The first-order chi connectivity index (χ1) is 17.1. The number of halogens is 4. The lowest BCUT2D eigenvalue weighted by molar-refractivity contribution is -0.119. The molecule has 12 heteroatoms. The van der Waals surface area contributed by atoms with Gasteiger partial charge >= 0.3 is 6.09 Å². The third-order valence-electron chi connectivity index (χ3n) is 6.28. The average molecular weight is 505 g/mol. The monoisotopic (exact) mass is 505 g/mol. The van der Waals surface area contributed by atoms with Gasteiger partial charge in [-0.2, -0.15) is 5.26 Å². The topological polar surface area (TPSA) is 97.7 Å². The first-order valence-corrected chi connectivity index (χ1v) is 11.2. The number of hydrogen-bond donors (Lipinski definition) is 2. The number of nitriles is 1. The van der Waals surface area contributed by atoms with Crippen LogP contribution in [0.1, 0.15) is 19.8 Å². The van der Waals surface area contributed by atoms with Crippen LogP contribution in [0.2, 0.25) is 0 Å². The van der Waals surface area contributed by atoms with Crippen LogP contribution in [0, 0.1) is 34.6 Å². The number of amides is 2. The van der Waals surface area contributed by atoms with Crippen molar-refractivity contribution in [2.24, 2.45) is 0 Å². The number of anilines is 3. The maximum Gasteiger partial charge on any atom is 0.414 e. The highest BCUT2D eigenvalue weighted by molar-refractivity contribution is 5.90. The molecule has 2 saturated heterocycles. The molecule has 0 unspecified atom stereocenters. The molecule has 4 rings (SSSR count). The zero-order valence-corrected chi connectivity index (χ0v) is 19.3. The molecule has 0 bridgehead atoms. The van der Waals surface area contributed by atoms with Crippen molar-refractivity contribution in [2.75, 3.05) is 41.3 Å². The SMILES string of the molecule is CC(=O)NC[C@H]1CN(c2ccc(N3CCC(C#N)(Nc4ccc(F)c(F)c4F)CC3)c(F)c2)C(=O)O1. The van der Waals surface area contributed by atoms with E-state index in [9.17, 15) is 28.0 Å². The van der Waals surface area contributed by atoms with Gasteiger partial charge in [-0.1, -0.05) is 0 Å². The quantitative estimate of drug-likeness (QED) is 0.459. The molecular weight excluding hydrogens is 482 g/mol. The molecule has 0 aliphatic carbocycles. The predicted molar refractivity (Wildman–Crippen MR) is 122 cm³/mol. The van der Waals surface area contributed by atoms with Crippen LogP contribution in [0.4, 0.5) is 39.4 Å². The van der Waals surface area contributed by atoms with Gasteiger partial charge < -0.3 is 20.3 Å². The third kappa shape index (κ3) is 5.00. The Kier molecular flexibility index (Phi) is 6.92. The molecule has 190 valence electrons. The van der Waals surface area contributed by atoms with Crippen LogP contribution in [0.3, 0.4) is 0 Å². The highest BCUT2D eigenvalue weighted by Gasteiger charge is 2.37. The predicted octanol–water partition coefficient (Wildman–Crippen LogP) is 3.68. The van der Waals surface area contributed by atoms with E-state index in [1.807, 2.05) is 0 Å². The number of cyclic esters (lactones) is 1. The Hall–Kier alpha value is -4.01. The van der Waals surface area contributed by atoms with Gasteiger partial charge in [0.2, 0.25) is 5.91 Å². The maximum absolute atomic E-state index is 15.0. The summed E-state index contributed by atoms with van der Waals surface area (Å²) in [6.45, 7) is 2.10. The molecule has 8 nitrogen and oxygen atoms in total. The van der Waals surface area contributed by atoms with Crippen LogP contribution in [0.25, 0.3) is 0 Å². The fraction of sp³-hybridized carbons (Fsp3) is 0.375. The van der Waals surface area contributed by atoms with E-state index in [1.165, 1.54) is 24.0 Å². The van der Waals surface area contributed by atoms with E-state index in [-0.39, 0.29) is 56.3 Å². The number of carbonyl (C=O) groups is 2. The second-order valence-electron chi connectivity index (χ2n) is 8.72. The first kappa shape index (κ1) is 25.1. The number of hydrogen-bond acceptors (Lipinski definition) is 6. The van der Waals surface area contributed by atoms with Crippen molar-refractivity contribution < 1.29 is 31.9 Å². The number of rotatable bonds is 6. The van der Waals surface area contributed by atoms with E-state index in [0.717, 1.165) is 12.1 Å². The number of piperidine rings is 1. The van der Waals surface area contributed by atoms with Gasteiger partial charge in [0.25, 0.3) is 0 Å². The second-order valence-corrected chi connectivity index (χ2v) is 8.72. The van der Waals surface area contributed by atoms with Crippen LogP contribution in [-0.2, 0) is 9.53 Å². The Labute approximate surface area is 204 Å². The van der Waals surface area contributed by atoms with Crippen LogP contribution < -0.4 is 20.4 Å². The van der Waals surface area contributed by atoms with Gasteiger partial charge in [-0.15, -0.1) is 0 Å². The van der Waals surface area contributed by atoms with Crippen molar-refractivity contribution in [3.63, 3.8) is 0 Å². The van der Waals surface area contributed by atoms with Crippen molar-refractivity contribution in [2.45, 2.75) is 31.4 Å². The molecule has 2 fully saturated rings. The molecule has 2 aromatic carbocycles. The molecule has 2 amide bonds. The molecule has 0 radical (unpaired) electrons. The maximum atomic E-state index is 15.0. The smallest absolute Gasteiger partial charge is 0.414 e. The largest absolute Gasteiger partial charge is 0.442 e. The summed E-state index contributed by atoms with van der Waals surface area (Å²) in [6, 6.07) is 8.18. The lowest BCUT2D eigenvalue weighted by Gasteiger charge is -2.39. The number of benzene rings is 2. The fourth-order valence-electron chi connectivity index (χ4n) is 4.29. The van der Waals surface area contributed by atoms with Crippen molar-refractivity contribution in [1.29, 1.82) is 5.26 Å². The average Bonchev–Trinajstić information content (AvgIpc) is 3.24. The highest BCUT2D eigenvalue weighted by atomic mass is 19.2. The Morgan fingerprint density at radius 1 is 1.14 bits per heavy atom. The van der Waals surface area contributed by atoms with Crippen molar-refractivity contribution in [1.82, 2.24) is 5.32 Å². The first-order valence-electron chi connectivity index (χ1n) is 11.2. The van der Waals surface area contributed by atoms with E-state index >= 15 is 4.39 Å². The minimum Gasteiger partial charge on any atom is -0.442 e. The molecule has 0 saturated carbocycles. The molecule has 1 atom stereocenters. The van der Waals surface area contributed by atoms with E-state index in [2.05, 4.69) is 16.7 Å². The summed E-state index contributed by atoms with van der Waals surface area (Å²) in [5.41, 5.74) is -1.02. The summed E-state index contributed by atoms with van der Waals surface area (Å²) in [4.78, 5) is 26.2. The lowest BCUT2D eigenvalue weighted by Crippen LogP contribution is -2.48. The third-order valence-corrected chi connectivity index (χ3v) is 6.28. The zero-order valence-electron chi connectivity index (χ0n) is 19.3. The van der Waals surface area contributed by atoms with Crippen molar-refractivity contribution in [3.05, 3.63) is 53.6 Å². The van der Waals surface area contributed by atoms with E-state index in [4.69, 9.17) is 4.74 Å². The van der Waals surface area contributed by atoms with Gasteiger partial charge in [0.15, 0.2) is 17.5 Å². The molecule has 2 aliphatic rings. The molecule has 2 N–H and O–H groups in total. The molecule has 36 heavy (non-hydrogen) atoms. The van der Waals surface area contributed by atoms with Gasteiger partial charge in [-0.25, -0.2) is 22.4 Å². The Bertz CT molecular complexity index is 1230. The summed E-state index contributed by atoms with van der Waals surface area (Å²) in [6.07, 6.45) is -0.888. The van der Waals surface area contributed by atoms with Crippen molar-refractivity contribution >= 4 is 29.1 Å². The van der Waals surface area contributed by atoms with E-state index in [0.29, 0.717) is 5.69 Å². The van der Waals surface area contributed by atoms with Gasteiger partial charge in [0, 0.05) is 32.9 Å². The summed E-state index contributed by atoms with van der Waals surface area (Å²) in [5.74, 6) is -5.21. The van der Waals surface area contributed by atoms with Crippen LogP contribution in [0.5, 0.6) is 0 Å². The van der Waals surface area contributed by atoms with E-state index < -0.39 is 41.0 Å². The number of nitrogens with zero attached hydrogens (tertiary/aromatic N) is 3. The lowest BCUT2D eigenvalue weighted by atomic mass is 9.88. The normalized spacial score (nSPS) is 19.0. The number of ether oxygens (including phenoxy) is 1. The second kappa shape index (κ2) is 9.93.